The molecule has 2 heterocycles. The molecule has 1 aromatic heterocycles. The molecule has 4 rings (SSSR count). The first-order valence-electron chi connectivity index (χ1n) is 9.23. The number of hydrogen-bond acceptors (Lipinski definition) is 3. The van der Waals surface area contributed by atoms with Crippen molar-refractivity contribution in [2.24, 2.45) is 11.5 Å². The van der Waals surface area contributed by atoms with Crippen LogP contribution in [-0.2, 0) is 6.54 Å². The number of H-pyrrole nitrogens is 1. The van der Waals surface area contributed by atoms with E-state index in [0.717, 1.165) is 40.4 Å². The van der Waals surface area contributed by atoms with E-state index in [-0.39, 0.29) is 11.9 Å². The molecular formula is C21H23ClN4O. The predicted molar refractivity (Wildman–Crippen MR) is 110 cm³/mol. The lowest BCUT2D eigenvalue weighted by atomic mass is 9.98. The summed E-state index contributed by atoms with van der Waals surface area (Å²) in [5.74, 6) is -0.0448. The summed E-state index contributed by atoms with van der Waals surface area (Å²) in [5, 5.41) is 1.69. The number of nitrogens with two attached hydrogens (primary N) is 2. The van der Waals surface area contributed by atoms with Crippen LogP contribution in [0.2, 0.25) is 5.02 Å². The maximum atomic E-state index is 13.4. The molecule has 27 heavy (non-hydrogen) atoms. The van der Waals surface area contributed by atoms with E-state index in [0.29, 0.717) is 30.4 Å². The molecule has 5 nitrogen and oxygen atoms in total. The van der Waals surface area contributed by atoms with Crippen LogP contribution in [0.15, 0.2) is 42.5 Å². The average Bonchev–Trinajstić information content (AvgIpc) is 3.01. The highest BCUT2D eigenvalue weighted by Crippen LogP contribution is 2.40. The van der Waals surface area contributed by atoms with E-state index < -0.39 is 0 Å². The van der Waals surface area contributed by atoms with Crippen molar-refractivity contribution in [3.8, 4) is 11.1 Å². The largest absolute Gasteiger partial charge is 0.350 e. The standard InChI is InChI=1S/C21H23ClN4O/c22-17-8-3-7-14-16(17)12-26(11-13(24)5-4-10-23)21(27)20-19(14)15-6-1-2-9-18(15)25-20/h1-3,6-9,13,25H,4-5,10-12,23-24H2/t13-/m0/s1. The summed E-state index contributed by atoms with van der Waals surface area (Å²) in [6.45, 7) is 1.52. The van der Waals surface area contributed by atoms with Gasteiger partial charge in [-0.15, -0.1) is 0 Å². The highest BCUT2D eigenvalue weighted by atomic mass is 35.5. The molecular weight excluding hydrogens is 360 g/mol. The molecule has 1 aliphatic heterocycles. The summed E-state index contributed by atoms with van der Waals surface area (Å²) in [6, 6.07) is 13.7. The van der Waals surface area contributed by atoms with Crippen molar-refractivity contribution in [2.45, 2.75) is 25.4 Å². The molecule has 140 valence electrons. The molecule has 0 unspecified atom stereocenters. The number of carbonyl (C=O) groups is 1. The lowest BCUT2D eigenvalue weighted by molar-refractivity contribution is 0.0729. The van der Waals surface area contributed by atoms with Gasteiger partial charge >= 0.3 is 0 Å². The van der Waals surface area contributed by atoms with E-state index in [2.05, 4.69) is 4.98 Å². The Kier molecular flexibility index (Phi) is 4.91. The van der Waals surface area contributed by atoms with Gasteiger partial charge in [0.05, 0.1) is 0 Å². The SMILES string of the molecule is NCCC[C@H](N)CN1Cc2c(Cl)cccc2-c2c([nH]c3ccccc23)C1=O. The highest BCUT2D eigenvalue weighted by Gasteiger charge is 2.30. The fourth-order valence-corrected chi connectivity index (χ4v) is 4.09. The van der Waals surface area contributed by atoms with Gasteiger partial charge in [-0.3, -0.25) is 4.79 Å². The van der Waals surface area contributed by atoms with Crippen LogP contribution < -0.4 is 11.5 Å². The Labute approximate surface area is 163 Å². The molecule has 0 spiro atoms. The molecule has 0 saturated carbocycles. The highest BCUT2D eigenvalue weighted by molar-refractivity contribution is 6.32. The number of aromatic amines is 1. The molecule has 1 aliphatic rings. The minimum Gasteiger partial charge on any atom is -0.350 e. The maximum Gasteiger partial charge on any atom is 0.271 e. The Bertz CT molecular complexity index is 997. The zero-order chi connectivity index (χ0) is 19.0. The third-order valence-electron chi connectivity index (χ3n) is 5.18. The van der Waals surface area contributed by atoms with Gasteiger partial charge < -0.3 is 21.4 Å². The van der Waals surface area contributed by atoms with E-state index >= 15 is 0 Å². The maximum absolute atomic E-state index is 13.4. The molecule has 0 saturated heterocycles. The number of nitrogens with one attached hydrogen (secondary N) is 1. The van der Waals surface area contributed by atoms with Crippen molar-refractivity contribution >= 4 is 28.4 Å². The fraction of sp³-hybridized carbons (Fsp3) is 0.286. The first-order chi connectivity index (χ1) is 13.1. The number of carbonyl (C=O) groups excluding carboxylic acids is 1. The van der Waals surface area contributed by atoms with Gasteiger partial charge in [0.1, 0.15) is 5.69 Å². The van der Waals surface area contributed by atoms with Crippen molar-refractivity contribution in [3.05, 3.63) is 58.7 Å². The van der Waals surface area contributed by atoms with Gasteiger partial charge in [0.25, 0.3) is 5.91 Å². The Morgan fingerprint density at radius 2 is 2.00 bits per heavy atom. The number of benzene rings is 2. The summed E-state index contributed by atoms with van der Waals surface area (Å²) < 4.78 is 0. The van der Waals surface area contributed by atoms with Gasteiger partial charge in [0.2, 0.25) is 0 Å². The Morgan fingerprint density at radius 1 is 1.19 bits per heavy atom. The molecule has 0 bridgehead atoms. The Balaban J connectivity index is 1.84. The lowest BCUT2D eigenvalue weighted by Crippen LogP contribution is -2.40. The number of amides is 1. The van der Waals surface area contributed by atoms with Gasteiger partial charge in [-0.2, -0.15) is 0 Å². The number of rotatable bonds is 5. The number of halogens is 1. The normalized spacial score (nSPS) is 14.8. The van der Waals surface area contributed by atoms with Gasteiger partial charge in [-0.05, 0) is 42.6 Å². The molecule has 2 aromatic carbocycles. The summed E-state index contributed by atoms with van der Waals surface area (Å²) in [5.41, 5.74) is 16.3. The molecule has 1 amide bonds. The minimum atomic E-state index is -0.116. The van der Waals surface area contributed by atoms with Crippen molar-refractivity contribution in [3.63, 3.8) is 0 Å². The summed E-state index contributed by atoms with van der Waals surface area (Å²) >= 11 is 6.54. The topological polar surface area (TPSA) is 88.1 Å². The van der Waals surface area contributed by atoms with Crippen molar-refractivity contribution in [2.75, 3.05) is 13.1 Å². The van der Waals surface area contributed by atoms with Gasteiger partial charge in [-0.25, -0.2) is 0 Å². The number of hydrogen-bond donors (Lipinski definition) is 3. The number of aromatic nitrogens is 1. The van der Waals surface area contributed by atoms with Crippen LogP contribution in [0.25, 0.3) is 22.0 Å². The first kappa shape index (κ1) is 18.0. The van der Waals surface area contributed by atoms with Crippen LogP contribution >= 0.6 is 11.6 Å². The summed E-state index contributed by atoms with van der Waals surface area (Å²) in [4.78, 5) is 18.5. The second-order valence-electron chi connectivity index (χ2n) is 7.06. The van der Waals surface area contributed by atoms with Crippen molar-refractivity contribution in [1.29, 1.82) is 0 Å². The van der Waals surface area contributed by atoms with Crippen molar-refractivity contribution in [1.82, 2.24) is 9.88 Å². The predicted octanol–water partition coefficient (Wildman–Crippen LogP) is 3.51. The van der Waals surface area contributed by atoms with Crippen molar-refractivity contribution < 1.29 is 4.79 Å². The van der Waals surface area contributed by atoms with Gasteiger partial charge in [0.15, 0.2) is 0 Å². The summed E-state index contributed by atoms with van der Waals surface area (Å²) in [6.07, 6.45) is 1.63. The van der Waals surface area contributed by atoms with Crippen LogP contribution in [0.5, 0.6) is 0 Å². The monoisotopic (exact) mass is 382 g/mol. The second-order valence-corrected chi connectivity index (χ2v) is 7.47. The third kappa shape index (κ3) is 3.23. The molecule has 3 aromatic rings. The Morgan fingerprint density at radius 3 is 2.81 bits per heavy atom. The van der Waals surface area contributed by atoms with E-state index in [1.807, 2.05) is 42.5 Å². The average molecular weight is 383 g/mol. The molecule has 5 N–H and O–H groups in total. The zero-order valence-corrected chi connectivity index (χ0v) is 15.8. The fourth-order valence-electron chi connectivity index (χ4n) is 3.86. The van der Waals surface area contributed by atoms with Crippen LogP contribution in [0.1, 0.15) is 28.9 Å². The molecule has 0 fully saturated rings. The zero-order valence-electron chi connectivity index (χ0n) is 15.0. The van der Waals surface area contributed by atoms with Crippen LogP contribution in [0.3, 0.4) is 0 Å². The summed E-state index contributed by atoms with van der Waals surface area (Å²) in [7, 11) is 0. The van der Waals surface area contributed by atoms with Crippen LogP contribution in [0, 0.1) is 0 Å². The third-order valence-corrected chi connectivity index (χ3v) is 5.53. The number of fused-ring (bicyclic) bond motifs is 5. The number of nitrogens with zero attached hydrogens (tertiary/aromatic N) is 1. The van der Waals surface area contributed by atoms with E-state index in [1.54, 1.807) is 4.90 Å². The van der Waals surface area contributed by atoms with E-state index in [4.69, 9.17) is 23.1 Å². The quantitative estimate of drug-likeness (QED) is 0.630. The molecule has 0 radical (unpaired) electrons. The van der Waals surface area contributed by atoms with Crippen LogP contribution in [-0.4, -0.2) is 34.9 Å². The van der Waals surface area contributed by atoms with Gasteiger partial charge in [0, 0.05) is 40.6 Å². The van der Waals surface area contributed by atoms with Crippen LogP contribution in [0.4, 0.5) is 0 Å². The molecule has 0 aliphatic carbocycles. The minimum absolute atomic E-state index is 0.0448. The van der Waals surface area contributed by atoms with Gasteiger partial charge in [-0.1, -0.05) is 41.9 Å². The lowest BCUT2D eigenvalue weighted by Gasteiger charge is -2.25. The van der Waals surface area contributed by atoms with E-state index in [1.165, 1.54) is 0 Å². The first-order valence-corrected chi connectivity index (χ1v) is 9.61. The smallest absolute Gasteiger partial charge is 0.271 e. The number of para-hydroxylation sites is 1. The second kappa shape index (κ2) is 7.35. The molecule has 6 heteroatoms. The molecule has 1 atom stereocenters. The van der Waals surface area contributed by atoms with E-state index in [9.17, 15) is 4.79 Å². The Hall–Kier alpha value is -2.34.